The average Bonchev–Trinajstić information content (AvgIpc) is 3.27. The topological polar surface area (TPSA) is 47.1 Å². The number of halogens is 1. The molecule has 0 saturated carbocycles. The number of imidazole rings is 1. The van der Waals surface area contributed by atoms with Crippen LogP contribution < -0.4 is 14.6 Å². The number of carbonyl (C=O) groups is 1. The van der Waals surface area contributed by atoms with Gasteiger partial charge in [0.15, 0.2) is 12.2 Å². The van der Waals surface area contributed by atoms with E-state index in [1.165, 1.54) is 12.1 Å². The number of anilines is 1. The van der Waals surface area contributed by atoms with Gasteiger partial charge >= 0.3 is 0 Å². The first-order valence-corrected chi connectivity index (χ1v) is 8.96. The SMILES string of the molecule is COc1cccc(NC(=O)C[n+]2cc(-c3ccc(F)cc3)n3c2CCC3)c1. The first-order valence-electron chi connectivity index (χ1n) is 8.96. The molecule has 138 valence electrons. The monoisotopic (exact) mass is 366 g/mol. The molecule has 1 aromatic heterocycles. The highest BCUT2D eigenvalue weighted by Gasteiger charge is 2.29. The van der Waals surface area contributed by atoms with Crippen LogP contribution in [0.5, 0.6) is 5.75 Å². The van der Waals surface area contributed by atoms with Gasteiger partial charge in [0.1, 0.15) is 17.8 Å². The van der Waals surface area contributed by atoms with Crippen molar-refractivity contribution in [3.8, 4) is 17.0 Å². The van der Waals surface area contributed by atoms with Crippen molar-refractivity contribution >= 4 is 11.6 Å². The van der Waals surface area contributed by atoms with Crippen molar-refractivity contribution in [3.05, 3.63) is 66.4 Å². The van der Waals surface area contributed by atoms with Gasteiger partial charge < -0.3 is 10.1 Å². The van der Waals surface area contributed by atoms with Crippen LogP contribution in [0.3, 0.4) is 0 Å². The maximum atomic E-state index is 13.2. The lowest BCUT2D eigenvalue weighted by Crippen LogP contribution is -2.42. The second-order valence-electron chi connectivity index (χ2n) is 6.60. The molecular weight excluding hydrogens is 345 g/mol. The molecule has 4 rings (SSSR count). The van der Waals surface area contributed by atoms with Crippen molar-refractivity contribution < 1.29 is 18.5 Å². The Morgan fingerprint density at radius 3 is 2.85 bits per heavy atom. The number of hydrogen-bond donors (Lipinski definition) is 1. The predicted octanol–water partition coefficient (Wildman–Crippen LogP) is 3.18. The fourth-order valence-electron chi connectivity index (χ4n) is 3.55. The van der Waals surface area contributed by atoms with Gasteiger partial charge in [-0.25, -0.2) is 13.5 Å². The number of nitrogens with one attached hydrogen (secondary N) is 1. The van der Waals surface area contributed by atoms with E-state index in [-0.39, 0.29) is 18.3 Å². The number of methoxy groups -OCH3 is 1. The van der Waals surface area contributed by atoms with E-state index < -0.39 is 0 Å². The van der Waals surface area contributed by atoms with Crippen LogP contribution in [0.1, 0.15) is 12.2 Å². The summed E-state index contributed by atoms with van der Waals surface area (Å²) in [6.07, 6.45) is 3.95. The molecule has 0 aliphatic carbocycles. The van der Waals surface area contributed by atoms with E-state index in [9.17, 15) is 9.18 Å². The molecule has 1 aliphatic heterocycles. The first kappa shape index (κ1) is 17.3. The molecule has 0 fully saturated rings. The van der Waals surface area contributed by atoms with E-state index in [4.69, 9.17) is 4.74 Å². The number of aromatic nitrogens is 2. The van der Waals surface area contributed by atoms with Crippen LogP contribution in [-0.2, 0) is 24.3 Å². The van der Waals surface area contributed by atoms with Gasteiger partial charge in [0.05, 0.1) is 20.1 Å². The molecule has 1 aliphatic rings. The lowest BCUT2D eigenvalue weighted by atomic mass is 10.1. The van der Waals surface area contributed by atoms with Crippen LogP contribution in [0.25, 0.3) is 11.3 Å². The van der Waals surface area contributed by atoms with Crippen molar-refractivity contribution in [2.24, 2.45) is 0 Å². The van der Waals surface area contributed by atoms with Crippen molar-refractivity contribution in [3.63, 3.8) is 0 Å². The van der Waals surface area contributed by atoms with E-state index in [1.54, 1.807) is 25.3 Å². The van der Waals surface area contributed by atoms with Crippen LogP contribution in [0, 0.1) is 5.82 Å². The highest BCUT2D eigenvalue weighted by Crippen LogP contribution is 2.25. The van der Waals surface area contributed by atoms with Gasteiger partial charge in [0.25, 0.3) is 11.7 Å². The molecule has 3 aromatic rings. The van der Waals surface area contributed by atoms with Crippen LogP contribution in [0.4, 0.5) is 10.1 Å². The lowest BCUT2D eigenvalue weighted by molar-refractivity contribution is -0.690. The number of amides is 1. The molecular formula is C21H21FN3O2+. The summed E-state index contributed by atoms with van der Waals surface area (Å²) in [6.45, 7) is 1.14. The fourth-order valence-corrected chi connectivity index (χ4v) is 3.55. The normalized spacial score (nSPS) is 12.7. The van der Waals surface area contributed by atoms with E-state index in [0.717, 1.165) is 36.5 Å². The Morgan fingerprint density at radius 2 is 2.07 bits per heavy atom. The Kier molecular flexibility index (Phi) is 4.62. The first-order chi connectivity index (χ1) is 13.1. The molecule has 27 heavy (non-hydrogen) atoms. The number of nitrogens with zero attached hydrogens (tertiary/aromatic N) is 2. The van der Waals surface area contributed by atoms with E-state index in [2.05, 4.69) is 9.88 Å². The number of ether oxygens (including phenoxy) is 1. The summed E-state index contributed by atoms with van der Waals surface area (Å²) in [5.74, 6) is 1.47. The zero-order chi connectivity index (χ0) is 18.8. The minimum atomic E-state index is -0.252. The summed E-state index contributed by atoms with van der Waals surface area (Å²) >= 11 is 0. The summed E-state index contributed by atoms with van der Waals surface area (Å²) < 4.78 is 22.6. The molecule has 0 spiro atoms. The van der Waals surface area contributed by atoms with E-state index in [0.29, 0.717) is 11.4 Å². The summed E-state index contributed by atoms with van der Waals surface area (Å²) in [5.41, 5.74) is 2.66. The molecule has 1 N–H and O–H groups in total. The van der Waals surface area contributed by atoms with Crippen molar-refractivity contribution in [2.45, 2.75) is 25.9 Å². The molecule has 5 nitrogen and oxygen atoms in total. The maximum absolute atomic E-state index is 13.2. The molecule has 0 atom stereocenters. The second-order valence-corrected chi connectivity index (χ2v) is 6.60. The molecule has 1 amide bonds. The standard InChI is InChI=1S/C21H20FN3O2/c1-27-18-5-2-4-17(12-18)23-20(26)14-24-13-19(25-11-3-6-21(24)25)15-7-9-16(22)10-8-15/h2,4-5,7-10,12-13H,3,6,11,14H2,1H3/p+1. The number of hydrogen-bond acceptors (Lipinski definition) is 2. The third-order valence-corrected chi connectivity index (χ3v) is 4.80. The summed E-state index contributed by atoms with van der Waals surface area (Å²) in [5, 5.41) is 2.91. The second kappa shape index (κ2) is 7.23. The van der Waals surface area contributed by atoms with Gasteiger partial charge in [0.2, 0.25) is 0 Å². The van der Waals surface area contributed by atoms with Crippen LogP contribution in [0.2, 0.25) is 0 Å². The molecule has 0 unspecified atom stereocenters. The Balaban J connectivity index is 1.56. The van der Waals surface area contributed by atoms with Gasteiger partial charge in [-0.15, -0.1) is 0 Å². The third kappa shape index (κ3) is 3.56. The summed E-state index contributed by atoms with van der Waals surface area (Å²) in [4.78, 5) is 12.5. The molecule has 6 heteroatoms. The summed E-state index contributed by atoms with van der Waals surface area (Å²) in [7, 11) is 1.60. The Morgan fingerprint density at radius 1 is 1.26 bits per heavy atom. The quantitative estimate of drug-likeness (QED) is 0.705. The Bertz CT molecular complexity index is 980. The van der Waals surface area contributed by atoms with Crippen LogP contribution >= 0.6 is 0 Å². The smallest absolute Gasteiger partial charge is 0.266 e. The molecule has 0 saturated heterocycles. The van der Waals surface area contributed by atoms with Gasteiger partial charge in [-0.2, -0.15) is 0 Å². The zero-order valence-corrected chi connectivity index (χ0v) is 15.1. The molecule has 0 radical (unpaired) electrons. The number of rotatable bonds is 5. The third-order valence-electron chi connectivity index (χ3n) is 4.80. The van der Waals surface area contributed by atoms with Crippen LogP contribution in [-0.4, -0.2) is 17.6 Å². The highest BCUT2D eigenvalue weighted by molar-refractivity contribution is 5.89. The van der Waals surface area contributed by atoms with Gasteiger partial charge in [-0.05, 0) is 42.8 Å². The molecule has 0 bridgehead atoms. The Hall–Kier alpha value is -3.15. The fraction of sp³-hybridized carbons (Fsp3) is 0.238. The predicted molar refractivity (Wildman–Crippen MR) is 100.0 cm³/mol. The number of benzene rings is 2. The number of carbonyl (C=O) groups excluding carboxylic acids is 1. The molecule has 2 aromatic carbocycles. The minimum Gasteiger partial charge on any atom is -0.497 e. The highest BCUT2D eigenvalue weighted by atomic mass is 19.1. The average molecular weight is 366 g/mol. The van der Waals surface area contributed by atoms with Gasteiger partial charge in [-0.1, -0.05) is 6.07 Å². The van der Waals surface area contributed by atoms with E-state index in [1.807, 2.05) is 29.0 Å². The lowest BCUT2D eigenvalue weighted by Gasteiger charge is -2.06. The van der Waals surface area contributed by atoms with Crippen molar-refractivity contribution in [1.29, 1.82) is 0 Å². The van der Waals surface area contributed by atoms with Crippen LogP contribution in [0.15, 0.2) is 54.7 Å². The summed E-state index contributed by atoms with van der Waals surface area (Å²) in [6, 6.07) is 13.8. The zero-order valence-electron chi connectivity index (χ0n) is 15.1. The van der Waals surface area contributed by atoms with E-state index >= 15 is 0 Å². The molecule has 2 heterocycles. The maximum Gasteiger partial charge on any atom is 0.266 e. The largest absolute Gasteiger partial charge is 0.497 e. The number of fused-ring (bicyclic) bond motifs is 1. The minimum absolute atomic E-state index is 0.0980. The Labute approximate surface area is 157 Å². The van der Waals surface area contributed by atoms with Gasteiger partial charge in [-0.3, -0.25) is 4.79 Å². The van der Waals surface area contributed by atoms with Crippen molar-refractivity contribution in [2.75, 3.05) is 12.4 Å². The van der Waals surface area contributed by atoms with Crippen molar-refractivity contribution in [1.82, 2.24) is 4.57 Å². The van der Waals surface area contributed by atoms with Gasteiger partial charge in [0, 0.05) is 17.3 Å².